The van der Waals surface area contributed by atoms with Crippen molar-refractivity contribution in [3.8, 4) is 0 Å². The SMILES string of the molecule is C=NN/C(C)=C(\C)C(=C)S/C(CC)=C(C)/N=C(/CN1CCC(N2CCCC2)CC1)NC=O. The van der Waals surface area contributed by atoms with Crippen molar-refractivity contribution in [1.29, 1.82) is 0 Å². The van der Waals surface area contributed by atoms with E-state index < -0.39 is 0 Å². The largest absolute Gasteiger partial charge is 0.316 e. The van der Waals surface area contributed by atoms with E-state index in [4.69, 9.17) is 4.99 Å². The molecule has 2 aliphatic rings. The highest BCUT2D eigenvalue weighted by Crippen LogP contribution is 2.34. The van der Waals surface area contributed by atoms with Gasteiger partial charge in [0.1, 0.15) is 5.84 Å². The van der Waals surface area contributed by atoms with Crippen LogP contribution in [-0.4, -0.2) is 67.5 Å². The van der Waals surface area contributed by atoms with Crippen molar-refractivity contribution in [2.45, 2.75) is 65.8 Å². The van der Waals surface area contributed by atoms with E-state index in [1.54, 1.807) is 11.8 Å². The van der Waals surface area contributed by atoms with Crippen LogP contribution in [0.2, 0.25) is 0 Å². The van der Waals surface area contributed by atoms with E-state index in [1.165, 1.54) is 38.8 Å². The quantitative estimate of drug-likeness (QED) is 0.160. The van der Waals surface area contributed by atoms with Crippen molar-refractivity contribution in [3.63, 3.8) is 0 Å². The number of carbonyl (C=O) groups excluding carboxylic acids is 1. The molecule has 2 aliphatic heterocycles. The van der Waals surface area contributed by atoms with Gasteiger partial charge in [-0.1, -0.05) is 25.3 Å². The van der Waals surface area contributed by atoms with Gasteiger partial charge in [0.05, 0.1) is 6.54 Å². The molecule has 0 aliphatic carbocycles. The second-order valence-corrected chi connectivity index (χ2v) is 9.67. The second kappa shape index (κ2) is 13.6. The van der Waals surface area contributed by atoms with Crippen LogP contribution in [-0.2, 0) is 4.79 Å². The lowest BCUT2D eigenvalue weighted by atomic mass is 10.0. The van der Waals surface area contributed by atoms with Gasteiger partial charge >= 0.3 is 0 Å². The fourth-order valence-electron chi connectivity index (χ4n) is 4.25. The summed E-state index contributed by atoms with van der Waals surface area (Å²) in [5.41, 5.74) is 5.76. The van der Waals surface area contributed by atoms with E-state index >= 15 is 0 Å². The predicted molar refractivity (Wildman–Crippen MR) is 138 cm³/mol. The molecule has 0 radical (unpaired) electrons. The molecule has 8 heteroatoms. The number of amides is 1. The topological polar surface area (TPSA) is 72.3 Å². The molecule has 2 heterocycles. The Morgan fingerprint density at radius 2 is 1.81 bits per heavy atom. The van der Waals surface area contributed by atoms with Crippen molar-refractivity contribution in [2.75, 3.05) is 32.7 Å². The number of piperidine rings is 1. The van der Waals surface area contributed by atoms with E-state index in [0.29, 0.717) is 12.4 Å². The summed E-state index contributed by atoms with van der Waals surface area (Å²) in [6, 6.07) is 0.717. The Morgan fingerprint density at radius 1 is 1.16 bits per heavy atom. The Hall–Kier alpha value is -1.90. The standard InChI is InChI=1S/C24H40N6OS/c1-7-23(32-21(5)18(2)19(3)28-25-6)20(4)27-24(26-17-31)16-29-14-10-22(11-15-29)30-12-8-9-13-30/h17,22,28H,5-16H2,1-4H3,(H,26,27,31)/b19-18+,23-20+. The molecule has 0 bridgehead atoms. The molecule has 1 amide bonds. The van der Waals surface area contributed by atoms with Gasteiger partial charge < -0.3 is 10.2 Å². The molecule has 0 atom stereocenters. The summed E-state index contributed by atoms with van der Waals surface area (Å²) in [4.78, 5) is 23.2. The maximum atomic E-state index is 11.2. The molecule has 0 spiro atoms. The number of allylic oxidation sites excluding steroid dienone is 4. The van der Waals surface area contributed by atoms with Crippen LogP contribution >= 0.6 is 11.8 Å². The number of hydrazone groups is 1. The number of amidine groups is 1. The highest BCUT2D eigenvalue weighted by Gasteiger charge is 2.26. The lowest BCUT2D eigenvalue weighted by Gasteiger charge is -2.36. The normalized spacial score (nSPS) is 20.4. The van der Waals surface area contributed by atoms with Crippen molar-refractivity contribution in [3.05, 3.63) is 33.4 Å². The van der Waals surface area contributed by atoms with Gasteiger partial charge in [-0.25, -0.2) is 4.99 Å². The molecule has 2 rings (SSSR count). The highest BCUT2D eigenvalue weighted by atomic mass is 32.2. The van der Waals surface area contributed by atoms with Gasteiger partial charge in [0.25, 0.3) is 0 Å². The molecule has 0 aromatic carbocycles. The monoisotopic (exact) mass is 460 g/mol. The van der Waals surface area contributed by atoms with Crippen LogP contribution in [0.15, 0.2) is 43.5 Å². The minimum atomic E-state index is 0.665. The lowest BCUT2D eigenvalue weighted by molar-refractivity contribution is -0.108. The Morgan fingerprint density at radius 3 is 2.38 bits per heavy atom. The Labute approximate surface area is 198 Å². The minimum absolute atomic E-state index is 0.665. The molecule has 0 aromatic rings. The highest BCUT2D eigenvalue weighted by molar-refractivity contribution is 8.06. The number of rotatable bonds is 11. The molecule has 0 unspecified atom stereocenters. The van der Waals surface area contributed by atoms with Crippen LogP contribution in [0.25, 0.3) is 0 Å². The van der Waals surface area contributed by atoms with Crippen LogP contribution in [0.3, 0.4) is 0 Å². The Bertz CT molecular complexity index is 758. The Kier molecular flexibility index (Phi) is 11.2. The zero-order chi connectivity index (χ0) is 23.5. The zero-order valence-corrected chi connectivity index (χ0v) is 21.1. The number of thioether (sulfide) groups is 1. The molecular formula is C24H40N6OS. The van der Waals surface area contributed by atoms with Crippen LogP contribution in [0, 0.1) is 0 Å². The molecule has 0 saturated carbocycles. The summed E-state index contributed by atoms with van der Waals surface area (Å²) in [6.45, 7) is 21.0. The second-order valence-electron chi connectivity index (χ2n) is 8.48. The molecule has 2 saturated heterocycles. The van der Waals surface area contributed by atoms with Gasteiger partial charge in [0, 0.05) is 47.1 Å². The first kappa shape index (κ1) is 26.4. The molecular weight excluding hydrogens is 420 g/mol. The van der Waals surface area contributed by atoms with E-state index in [1.807, 2.05) is 20.8 Å². The lowest BCUT2D eigenvalue weighted by Crippen LogP contribution is -2.46. The fraction of sp³-hybridized carbons (Fsp3) is 0.625. The van der Waals surface area contributed by atoms with Crippen molar-refractivity contribution >= 4 is 30.7 Å². The molecule has 2 N–H and O–H groups in total. The first-order chi connectivity index (χ1) is 15.4. The van der Waals surface area contributed by atoms with Crippen LogP contribution in [0.1, 0.15) is 59.8 Å². The third kappa shape index (κ3) is 7.90. The molecule has 32 heavy (non-hydrogen) atoms. The van der Waals surface area contributed by atoms with Gasteiger partial charge in [0.15, 0.2) is 0 Å². The van der Waals surface area contributed by atoms with E-state index in [2.05, 4.69) is 45.9 Å². The van der Waals surface area contributed by atoms with Gasteiger partial charge in [0.2, 0.25) is 6.41 Å². The average Bonchev–Trinajstić information content (AvgIpc) is 3.32. The summed E-state index contributed by atoms with van der Waals surface area (Å²) in [5, 5.41) is 6.55. The number of hydrogen-bond donors (Lipinski definition) is 2. The first-order valence-electron chi connectivity index (χ1n) is 11.6. The fourth-order valence-corrected chi connectivity index (χ4v) is 5.19. The summed E-state index contributed by atoms with van der Waals surface area (Å²) >= 11 is 1.62. The smallest absolute Gasteiger partial charge is 0.212 e. The van der Waals surface area contributed by atoms with Gasteiger partial charge in [-0.15, -0.1) is 0 Å². The van der Waals surface area contributed by atoms with Gasteiger partial charge in [-0.2, -0.15) is 5.10 Å². The summed E-state index contributed by atoms with van der Waals surface area (Å²) in [6.07, 6.45) is 6.63. The number of nitrogens with zero attached hydrogens (tertiary/aromatic N) is 4. The van der Waals surface area contributed by atoms with Crippen LogP contribution in [0.4, 0.5) is 0 Å². The molecule has 0 aromatic heterocycles. The molecule has 2 fully saturated rings. The van der Waals surface area contributed by atoms with Gasteiger partial charge in [-0.3, -0.25) is 15.1 Å². The van der Waals surface area contributed by atoms with E-state index in [9.17, 15) is 4.79 Å². The van der Waals surface area contributed by atoms with Gasteiger partial charge in [-0.05, 0) is 71.5 Å². The maximum Gasteiger partial charge on any atom is 0.212 e. The summed E-state index contributed by atoms with van der Waals surface area (Å²) in [5.74, 6) is 0.704. The van der Waals surface area contributed by atoms with Crippen molar-refractivity contribution in [2.24, 2.45) is 10.1 Å². The number of carbonyl (C=O) groups is 1. The first-order valence-corrected chi connectivity index (χ1v) is 12.4. The predicted octanol–water partition coefficient (Wildman–Crippen LogP) is 4.08. The van der Waals surface area contributed by atoms with Crippen LogP contribution in [0.5, 0.6) is 0 Å². The van der Waals surface area contributed by atoms with E-state index in [0.717, 1.165) is 58.7 Å². The number of nitrogens with one attached hydrogen (secondary N) is 2. The number of likely N-dealkylation sites (tertiary alicyclic amines) is 2. The third-order valence-corrected chi connectivity index (χ3v) is 7.70. The average molecular weight is 461 g/mol. The van der Waals surface area contributed by atoms with Crippen molar-refractivity contribution in [1.82, 2.24) is 20.5 Å². The zero-order valence-electron chi connectivity index (χ0n) is 20.2. The third-order valence-electron chi connectivity index (χ3n) is 6.31. The number of hydrogen-bond acceptors (Lipinski definition) is 7. The summed E-state index contributed by atoms with van der Waals surface area (Å²) in [7, 11) is 0. The maximum absolute atomic E-state index is 11.2. The minimum Gasteiger partial charge on any atom is -0.316 e. The molecule has 7 nitrogen and oxygen atoms in total. The summed E-state index contributed by atoms with van der Waals surface area (Å²) < 4.78 is 0. The number of aliphatic imine (C=N–C) groups is 1. The Balaban J connectivity index is 2.04. The van der Waals surface area contributed by atoms with Crippen molar-refractivity contribution < 1.29 is 4.79 Å². The van der Waals surface area contributed by atoms with E-state index in [-0.39, 0.29) is 0 Å². The van der Waals surface area contributed by atoms with Crippen LogP contribution < -0.4 is 10.7 Å². The molecule has 178 valence electrons.